The SMILES string of the molecule is CC1CC(C)C(C2CCOC2=O)C(C)CCN(C(=O)OC(C)(C)C)C1. The minimum absolute atomic E-state index is 0.0188. The van der Waals surface area contributed by atoms with E-state index < -0.39 is 5.60 Å². The largest absolute Gasteiger partial charge is 0.465 e. The van der Waals surface area contributed by atoms with Gasteiger partial charge >= 0.3 is 12.1 Å². The first kappa shape index (κ1) is 20.1. The summed E-state index contributed by atoms with van der Waals surface area (Å²) in [6.07, 6.45) is 2.52. The van der Waals surface area contributed by atoms with Crippen molar-refractivity contribution in [1.29, 1.82) is 0 Å². The Balaban J connectivity index is 2.12. The smallest absolute Gasteiger partial charge is 0.410 e. The number of carbonyl (C=O) groups excluding carboxylic acids is 2. The molecule has 0 aromatic rings. The molecular formula is C20H35NO4. The van der Waals surface area contributed by atoms with Gasteiger partial charge in [0.15, 0.2) is 0 Å². The molecule has 0 spiro atoms. The molecule has 0 aromatic heterocycles. The molecule has 5 heteroatoms. The number of nitrogens with zero attached hydrogens (tertiary/aromatic N) is 1. The first-order valence-corrected chi connectivity index (χ1v) is 9.73. The van der Waals surface area contributed by atoms with E-state index in [2.05, 4.69) is 20.8 Å². The molecule has 0 N–H and O–H groups in total. The fourth-order valence-electron chi connectivity index (χ4n) is 4.59. The summed E-state index contributed by atoms with van der Waals surface area (Å²) >= 11 is 0. The lowest BCUT2D eigenvalue weighted by Crippen LogP contribution is -2.40. The van der Waals surface area contributed by atoms with Crippen molar-refractivity contribution in [3.8, 4) is 0 Å². The van der Waals surface area contributed by atoms with E-state index in [0.717, 1.165) is 19.3 Å². The molecule has 5 nitrogen and oxygen atoms in total. The molecule has 0 radical (unpaired) electrons. The van der Waals surface area contributed by atoms with Gasteiger partial charge in [0.05, 0.1) is 12.5 Å². The molecule has 0 saturated carbocycles. The van der Waals surface area contributed by atoms with Crippen molar-refractivity contribution < 1.29 is 19.1 Å². The number of esters is 1. The van der Waals surface area contributed by atoms with Crippen LogP contribution in [0.25, 0.3) is 0 Å². The number of cyclic esters (lactones) is 1. The Morgan fingerprint density at radius 1 is 1.16 bits per heavy atom. The quantitative estimate of drug-likeness (QED) is 0.666. The van der Waals surface area contributed by atoms with E-state index in [4.69, 9.17) is 9.47 Å². The second-order valence-electron chi connectivity index (χ2n) is 9.15. The Morgan fingerprint density at radius 3 is 2.40 bits per heavy atom. The summed E-state index contributed by atoms with van der Waals surface area (Å²) in [6.45, 7) is 14.3. The summed E-state index contributed by atoms with van der Waals surface area (Å²) in [5.74, 6) is 1.52. The molecule has 1 amide bonds. The van der Waals surface area contributed by atoms with Gasteiger partial charge in [0.1, 0.15) is 5.60 Å². The van der Waals surface area contributed by atoms with Crippen LogP contribution in [-0.4, -0.2) is 42.3 Å². The Kier molecular flexibility index (Phi) is 6.39. The van der Waals surface area contributed by atoms with Crippen molar-refractivity contribution in [3.05, 3.63) is 0 Å². The number of hydrogen-bond acceptors (Lipinski definition) is 4. The van der Waals surface area contributed by atoms with E-state index >= 15 is 0 Å². The van der Waals surface area contributed by atoms with Crippen LogP contribution in [0.1, 0.15) is 60.8 Å². The molecule has 25 heavy (non-hydrogen) atoms. The molecule has 0 aliphatic carbocycles. The highest BCUT2D eigenvalue weighted by Gasteiger charge is 2.41. The summed E-state index contributed by atoms with van der Waals surface area (Å²) in [5.41, 5.74) is -0.478. The lowest BCUT2D eigenvalue weighted by atomic mass is 9.71. The van der Waals surface area contributed by atoms with E-state index in [1.807, 2.05) is 25.7 Å². The molecule has 0 bridgehead atoms. The van der Waals surface area contributed by atoms with Gasteiger partial charge in [-0.1, -0.05) is 20.8 Å². The maximum Gasteiger partial charge on any atom is 0.410 e. The van der Waals surface area contributed by atoms with Crippen LogP contribution in [0, 0.1) is 29.6 Å². The average molecular weight is 354 g/mol. The minimum Gasteiger partial charge on any atom is -0.465 e. The van der Waals surface area contributed by atoms with Crippen LogP contribution in [0.2, 0.25) is 0 Å². The molecular weight excluding hydrogens is 318 g/mol. The Hall–Kier alpha value is -1.26. The zero-order valence-corrected chi connectivity index (χ0v) is 16.7. The summed E-state index contributed by atoms with van der Waals surface area (Å²) in [5, 5.41) is 0. The third kappa shape index (κ3) is 5.35. The number of rotatable bonds is 1. The summed E-state index contributed by atoms with van der Waals surface area (Å²) in [7, 11) is 0. The molecule has 2 fully saturated rings. The maximum atomic E-state index is 12.5. The van der Waals surface area contributed by atoms with Crippen LogP contribution in [-0.2, 0) is 14.3 Å². The summed E-state index contributed by atoms with van der Waals surface area (Å²) < 4.78 is 10.8. The average Bonchev–Trinajstić information content (AvgIpc) is 2.88. The van der Waals surface area contributed by atoms with Gasteiger partial charge in [0.25, 0.3) is 0 Å². The van der Waals surface area contributed by atoms with Crippen molar-refractivity contribution in [2.45, 2.75) is 66.4 Å². The molecule has 5 atom stereocenters. The Morgan fingerprint density at radius 2 is 1.84 bits per heavy atom. The van der Waals surface area contributed by atoms with Gasteiger partial charge in [-0.25, -0.2) is 4.79 Å². The van der Waals surface area contributed by atoms with Crippen LogP contribution >= 0.6 is 0 Å². The monoisotopic (exact) mass is 353 g/mol. The van der Waals surface area contributed by atoms with Gasteiger partial charge in [-0.3, -0.25) is 4.79 Å². The first-order chi connectivity index (χ1) is 11.6. The standard InChI is InChI=1S/C20H35NO4/c1-13-11-15(3)17(16-8-10-24-18(16)22)14(2)7-9-21(12-13)19(23)25-20(4,5)6/h13-17H,7-12H2,1-6H3. The number of amides is 1. The molecule has 2 aliphatic heterocycles. The first-order valence-electron chi connectivity index (χ1n) is 9.73. The molecule has 0 aromatic carbocycles. The van der Waals surface area contributed by atoms with Crippen molar-refractivity contribution in [1.82, 2.24) is 4.90 Å². The molecule has 2 saturated heterocycles. The Labute approximate surface area is 152 Å². The van der Waals surface area contributed by atoms with E-state index in [1.165, 1.54) is 0 Å². The second kappa shape index (κ2) is 7.96. The van der Waals surface area contributed by atoms with E-state index in [9.17, 15) is 9.59 Å². The maximum absolute atomic E-state index is 12.5. The number of hydrogen-bond donors (Lipinski definition) is 0. The summed E-state index contributed by atoms with van der Waals surface area (Å²) in [4.78, 5) is 26.6. The predicted octanol–water partition coefficient (Wildman–Crippen LogP) is 4.10. The lowest BCUT2D eigenvalue weighted by molar-refractivity contribution is -0.144. The highest BCUT2D eigenvalue weighted by molar-refractivity contribution is 5.74. The summed E-state index contributed by atoms with van der Waals surface area (Å²) in [6, 6.07) is 0. The van der Waals surface area contributed by atoms with E-state index in [1.54, 1.807) is 0 Å². The highest BCUT2D eigenvalue weighted by Crippen LogP contribution is 2.39. The third-order valence-electron chi connectivity index (χ3n) is 5.57. The zero-order chi connectivity index (χ0) is 18.8. The molecule has 5 unspecified atom stereocenters. The van der Waals surface area contributed by atoms with Crippen LogP contribution in [0.5, 0.6) is 0 Å². The third-order valence-corrected chi connectivity index (χ3v) is 5.57. The van der Waals surface area contributed by atoms with E-state index in [-0.39, 0.29) is 18.0 Å². The molecule has 2 rings (SSSR count). The lowest BCUT2D eigenvalue weighted by Gasteiger charge is -2.32. The van der Waals surface area contributed by atoms with Gasteiger partial charge in [-0.15, -0.1) is 0 Å². The zero-order valence-electron chi connectivity index (χ0n) is 16.7. The topological polar surface area (TPSA) is 55.8 Å². The fraction of sp³-hybridized carbons (Fsp3) is 0.900. The Bertz CT molecular complexity index is 485. The van der Waals surface area contributed by atoms with Gasteiger partial charge in [0.2, 0.25) is 0 Å². The van der Waals surface area contributed by atoms with Gasteiger partial charge in [-0.05, 0) is 63.7 Å². The molecule has 144 valence electrons. The number of ether oxygens (including phenoxy) is 2. The minimum atomic E-state index is -0.478. The van der Waals surface area contributed by atoms with Gasteiger partial charge in [0, 0.05) is 13.1 Å². The number of carbonyl (C=O) groups is 2. The van der Waals surface area contributed by atoms with Crippen LogP contribution in [0.3, 0.4) is 0 Å². The van der Waals surface area contributed by atoms with Crippen LogP contribution < -0.4 is 0 Å². The van der Waals surface area contributed by atoms with Crippen molar-refractivity contribution >= 4 is 12.1 Å². The normalized spacial score (nSPS) is 34.7. The van der Waals surface area contributed by atoms with Gasteiger partial charge in [-0.2, -0.15) is 0 Å². The van der Waals surface area contributed by atoms with Crippen LogP contribution in [0.4, 0.5) is 4.79 Å². The second-order valence-corrected chi connectivity index (χ2v) is 9.15. The molecule has 2 aliphatic rings. The van der Waals surface area contributed by atoms with Crippen molar-refractivity contribution in [2.75, 3.05) is 19.7 Å². The van der Waals surface area contributed by atoms with Gasteiger partial charge < -0.3 is 14.4 Å². The van der Waals surface area contributed by atoms with Crippen molar-refractivity contribution in [2.24, 2.45) is 29.6 Å². The fourth-order valence-corrected chi connectivity index (χ4v) is 4.59. The highest BCUT2D eigenvalue weighted by atomic mass is 16.6. The predicted molar refractivity (Wildman–Crippen MR) is 97.1 cm³/mol. The van der Waals surface area contributed by atoms with E-state index in [0.29, 0.717) is 43.4 Å². The molecule has 2 heterocycles. The van der Waals surface area contributed by atoms with Crippen molar-refractivity contribution in [3.63, 3.8) is 0 Å². The van der Waals surface area contributed by atoms with Crippen LogP contribution in [0.15, 0.2) is 0 Å².